The van der Waals surface area contributed by atoms with Crippen LogP contribution in [0.2, 0.25) is 5.02 Å². The number of ether oxygens (including phenoxy) is 1. The summed E-state index contributed by atoms with van der Waals surface area (Å²) in [6.07, 6.45) is 0. The zero-order valence-corrected chi connectivity index (χ0v) is 17.7. The monoisotopic (exact) mass is 447 g/mol. The van der Waals surface area contributed by atoms with E-state index in [1.54, 1.807) is 43.5 Å². The van der Waals surface area contributed by atoms with Gasteiger partial charge in [0.1, 0.15) is 5.75 Å². The van der Waals surface area contributed by atoms with E-state index in [0.717, 1.165) is 5.69 Å². The van der Waals surface area contributed by atoms with E-state index in [1.165, 1.54) is 12.1 Å². The van der Waals surface area contributed by atoms with E-state index >= 15 is 0 Å². The Kier molecular flexibility index (Phi) is 6.58. The number of hydrogen-bond donors (Lipinski definition) is 3. The van der Waals surface area contributed by atoms with Crippen LogP contribution in [0.25, 0.3) is 0 Å². The number of methoxy groups -OCH3 is 1. The van der Waals surface area contributed by atoms with Crippen molar-refractivity contribution in [1.82, 2.24) is 0 Å². The summed E-state index contributed by atoms with van der Waals surface area (Å²) in [6, 6.07) is 20.2. The number of nitrogens with one attached hydrogen (secondary N) is 3. The molecule has 6 nitrogen and oxygen atoms in total. The first kappa shape index (κ1) is 20.9. The minimum atomic E-state index is -3.76. The van der Waals surface area contributed by atoms with Gasteiger partial charge in [-0.3, -0.25) is 4.72 Å². The topological polar surface area (TPSA) is 79.5 Å². The van der Waals surface area contributed by atoms with E-state index in [-0.39, 0.29) is 4.90 Å². The van der Waals surface area contributed by atoms with Crippen LogP contribution in [0.1, 0.15) is 0 Å². The molecule has 0 radical (unpaired) electrons. The Balaban J connectivity index is 1.66. The number of anilines is 3. The molecule has 0 saturated carbocycles. The van der Waals surface area contributed by atoms with E-state index < -0.39 is 10.0 Å². The van der Waals surface area contributed by atoms with Crippen LogP contribution in [0.5, 0.6) is 5.75 Å². The van der Waals surface area contributed by atoms with Crippen LogP contribution >= 0.6 is 23.8 Å². The molecule has 3 N–H and O–H groups in total. The molecule has 29 heavy (non-hydrogen) atoms. The molecule has 0 aromatic heterocycles. The molecule has 3 aromatic rings. The van der Waals surface area contributed by atoms with Crippen molar-refractivity contribution >= 4 is 56.0 Å². The van der Waals surface area contributed by atoms with E-state index in [2.05, 4.69) is 15.4 Å². The fourth-order valence-electron chi connectivity index (χ4n) is 2.46. The van der Waals surface area contributed by atoms with Gasteiger partial charge in [0, 0.05) is 17.4 Å². The lowest BCUT2D eigenvalue weighted by Gasteiger charge is -2.13. The highest BCUT2D eigenvalue weighted by Crippen LogP contribution is 2.24. The lowest BCUT2D eigenvalue weighted by atomic mass is 10.3. The molecule has 150 valence electrons. The Labute approximate surface area is 179 Å². The normalized spacial score (nSPS) is 10.8. The largest absolute Gasteiger partial charge is 0.497 e. The predicted molar refractivity (Wildman–Crippen MR) is 122 cm³/mol. The standard InChI is InChI=1S/C20H18ClN3O3S2/c1-27-16-6-4-5-15(13-16)23-20(28)22-14-9-11-17(12-10-14)29(25,26)24-19-8-3-2-7-18(19)21/h2-13,24H,1H3,(H2,22,23,28). The van der Waals surface area contributed by atoms with Crippen molar-refractivity contribution in [3.05, 3.63) is 77.8 Å². The van der Waals surface area contributed by atoms with Gasteiger partial charge < -0.3 is 15.4 Å². The molecule has 0 heterocycles. The maximum Gasteiger partial charge on any atom is 0.261 e. The molecule has 0 aliphatic heterocycles. The molecular formula is C20H18ClN3O3S2. The fourth-order valence-corrected chi connectivity index (χ4v) is 4.01. The number of para-hydroxylation sites is 1. The third-order valence-corrected chi connectivity index (χ3v) is 5.78. The second-order valence-electron chi connectivity index (χ2n) is 5.92. The van der Waals surface area contributed by atoms with Gasteiger partial charge in [-0.25, -0.2) is 8.42 Å². The van der Waals surface area contributed by atoms with Crippen molar-refractivity contribution in [3.8, 4) is 5.75 Å². The molecule has 3 aromatic carbocycles. The van der Waals surface area contributed by atoms with Gasteiger partial charge >= 0.3 is 0 Å². The highest BCUT2D eigenvalue weighted by Gasteiger charge is 2.15. The van der Waals surface area contributed by atoms with Crippen LogP contribution in [0.4, 0.5) is 17.1 Å². The lowest BCUT2D eigenvalue weighted by molar-refractivity contribution is 0.415. The van der Waals surface area contributed by atoms with Gasteiger partial charge in [0.25, 0.3) is 10.0 Å². The van der Waals surface area contributed by atoms with Gasteiger partial charge in [-0.15, -0.1) is 0 Å². The molecular weight excluding hydrogens is 430 g/mol. The summed E-state index contributed by atoms with van der Waals surface area (Å²) in [5, 5.41) is 6.74. The van der Waals surface area contributed by atoms with Gasteiger partial charge in [-0.05, 0) is 60.7 Å². The average molecular weight is 448 g/mol. The number of sulfonamides is 1. The van der Waals surface area contributed by atoms with Crippen molar-refractivity contribution in [3.63, 3.8) is 0 Å². The van der Waals surface area contributed by atoms with Crippen LogP contribution in [-0.4, -0.2) is 20.6 Å². The molecule has 0 bridgehead atoms. The van der Waals surface area contributed by atoms with Crippen LogP contribution < -0.4 is 20.1 Å². The molecule has 0 spiro atoms. The van der Waals surface area contributed by atoms with E-state index in [4.69, 9.17) is 28.6 Å². The van der Waals surface area contributed by atoms with Crippen LogP contribution in [-0.2, 0) is 10.0 Å². The first-order chi connectivity index (χ1) is 13.9. The van der Waals surface area contributed by atoms with Gasteiger partial charge in [-0.1, -0.05) is 29.8 Å². The van der Waals surface area contributed by atoms with E-state index in [0.29, 0.717) is 27.3 Å². The molecule has 9 heteroatoms. The zero-order valence-electron chi connectivity index (χ0n) is 15.3. The van der Waals surface area contributed by atoms with Crippen molar-refractivity contribution in [2.75, 3.05) is 22.5 Å². The highest BCUT2D eigenvalue weighted by atomic mass is 35.5. The molecule has 0 atom stereocenters. The Bertz CT molecular complexity index is 1120. The molecule has 0 saturated heterocycles. The maximum absolute atomic E-state index is 12.5. The van der Waals surface area contributed by atoms with E-state index in [9.17, 15) is 8.42 Å². The summed E-state index contributed by atoms with van der Waals surface area (Å²) in [7, 11) is -2.17. The van der Waals surface area contributed by atoms with Crippen molar-refractivity contribution in [2.24, 2.45) is 0 Å². The minimum absolute atomic E-state index is 0.106. The Hall–Kier alpha value is -2.81. The minimum Gasteiger partial charge on any atom is -0.497 e. The molecule has 0 aliphatic carbocycles. The fraction of sp³-hybridized carbons (Fsp3) is 0.0500. The number of thiocarbonyl (C=S) groups is 1. The maximum atomic E-state index is 12.5. The van der Waals surface area contributed by atoms with Crippen molar-refractivity contribution in [1.29, 1.82) is 0 Å². The zero-order chi connectivity index (χ0) is 20.9. The smallest absolute Gasteiger partial charge is 0.261 e. The summed E-state index contributed by atoms with van der Waals surface area (Å²) < 4.78 is 32.7. The number of hydrogen-bond acceptors (Lipinski definition) is 4. The summed E-state index contributed by atoms with van der Waals surface area (Å²) >= 11 is 11.3. The van der Waals surface area contributed by atoms with Gasteiger partial charge in [-0.2, -0.15) is 0 Å². The first-order valence-corrected chi connectivity index (χ1v) is 10.7. The summed E-state index contributed by atoms with van der Waals surface area (Å²) in [4.78, 5) is 0.106. The lowest BCUT2D eigenvalue weighted by Crippen LogP contribution is -2.19. The SMILES string of the molecule is COc1cccc(NC(=S)Nc2ccc(S(=O)(=O)Nc3ccccc3Cl)cc2)c1. The number of benzene rings is 3. The number of halogens is 1. The van der Waals surface area contributed by atoms with Crippen molar-refractivity contribution in [2.45, 2.75) is 4.90 Å². The van der Waals surface area contributed by atoms with Crippen LogP contribution in [0.3, 0.4) is 0 Å². The summed E-state index contributed by atoms with van der Waals surface area (Å²) in [5.41, 5.74) is 1.73. The van der Waals surface area contributed by atoms with Crippen molar-refractivity contribution < 1.29 is 13.2 Å². The number of rotatable bonds is 6. The molecule has 0 aliphatic rings. The second kappa shape index (κ2) is 9.13. The van der Waals surface area contributed by atoms with Gasteiger partial charge in [0.2, 0.25) is 0 Å². The third-order valence-electron chi connectivity index (χ3n) is 3.87. The van der Waals surface area contributed by atoms with Gasteiger partial charge in [0.05, 0.1) is 22.7 Å². The summed E-state index contributed by atoms with van der Waals surface area (Å²) in [5.74, 6) is 0.707. The van der Waals surface area contributed by atoms with Crippen LogP contribution in [0, 0.1) is 0 Å². The van der Waals surface area contributed by atoms with Crippen LogP contribution in [0.15, 0.2) is 77.7 Å². The van der Waals surface area contributed by atoms with Gasteiger partial charge in [0.15, 0.2) is 5.11 Å². The second-order valence-corrected chi connectivity index (χ2v) is 8.42. The Morgan fingerprint density at radius 2 is 1.62 bits per heavy atom. The average Bonchev–Trinajstić information content (AvgIpc) is 2.70. The molecule has 0 unspecified atom stereocenters. The molecule has 3 rings (SSSR count). The molecule has 0 fully saturated rings. The third kappa shape index (κ3) is 5.60. The van der Waals surface area contributed by atoms with E-state index in [1.807, 2.05) is 24.3 Å². The highest BCUT2D eigenvalue weighted by molar-refractivity contribution is 7.92. The Morgan fingerprint density at radius 3 is 2.31 bits per heavy atom. The first-order valence-electron chi connectivity index (χ1n) is 8.47. The summed E-state index contributed by atoms with van der Waals surface area (Å²) in [6.45, 7) is 0. The molecule has 0 amide bonds. The Morgan fingerprint density at radius 1 is 0.931 bits per heavy atom. The predicted octanol–water partition coefficient (Wildman–Crippen LogP) is 4.96. The quantitative estimate of drug-likeness (QED) is 0.463.